The van der Waals surface area contributed by atoms with Crippen LogP contribution >= 0.6 is 0 Å². The van der Waals surface area contributed by atoms with E-state index in [1.807, 2.05) is 0 Å². The summed E-state index contributed by atoms with van der Waals surface area (Å²) < 4.78 is 11.9. The van der Waals surface area contributed by atoms with Crippen molar-refractivity contribution in [2.75, 3.05) is 45.7 Å². The number of methoxy groups -OCH3 is 1. The molecule has 1 aliphatic heterocycles. The Hall–Kier alpha value is -2.12. The minimum atomic E-state index is -0.160. The molecule has 1 aromatic rings. The van der Waals surface area contributed by atoms with Crippen LogP contribution in [0, 0.1) is 11.8 Å². The Morgan fingerprint density at radius 1 is 1.27 bits per heavy atom. The molecule has 1 saturated carbocycles. The highest BCUT2D eigenvalue weighted by molar-refractivity contribution is 5.98. The number of fused-ring (bicyclic) bond motifs is 1. The van der Waals surface area contributed by atoms with Gasteiger partial charge in [-0.1, -0.05) is 6.92 Å². The zero-order chi connectivity index (χ0) is 21.8. The average molecular weight is 418 g/mol. The van der Waals surface area contributed by atoms with Gasteiger partial charge < -0.3 is 19.7 Å². The lowest BCUT2D eigenvalue weighted by atomic mass is 10.0. The summed E-state index contributed by atoms with van der Waals surface area (Å²) in [5, 5.41) is 2.77. The molecule has 0 bridgehead atoms. The van der Waals surface area contributed by atoms with E-state index < -0.39 is 0 Å². The smallest absolute Gasteiger partial charge is 0.257 e. The summed E-state index contributed by atoms with van der Waals surface area (Å²) in [5.74, 6) is 1.28. The van der Waals surface area contributed by atoms with Crippen LogP contribution in [0.1, 0.15) is 44.0 Å². The first-order valence-corrected chi connectivity index (χ1v) is 10.8. The predicted octanol–water partition coefficient (Wildman–Crippen LogP) is 2.86. The molecule has 1 aromatic carbocycles. The third-order valence-corrected chi connectivity index (χ3v) is 6.09. The largest absolute Gasteiger partial charge is 0.491 e. The minimum Gasteiger partial charge on any atom is -0.491 e. The van der Waals surface area contributed by atoms with Crippen molar-refractivity contribution in [2.24, 2.45) is 11.8 Å². The average Bonchev–Trinajstić information content (AvgIpc) is 3.52. The molecular formula is C23H35N3O4. The van der Waals surface area contributed by atoms with Crippen LogP contribution in [0.5, 0.6) is 5.75 Å². The monoisotopic (exact) mass is 417 g/mol. The number of rotatable bonds is 4. The molecule has 3 rings (SSSR count). The minimum absolute atomic E-state index is 0.0460. The number of likely N-dealkylation sites (N-methyl/N-ethyl adjacent to an activating group) is 1. The van der Waals surface area contributed by atoms with E-state index in [-0.39, 0.29) is 29.9 Å². The highest BCUT2D eigenvalue weighted by Crippen LogP contribution is 2.32. The van der Waals surface area contributed by atoms with E-state index in [4.69, 9.17) is 9.47 Å². The summed E-state index contributed by atoms with van der Waals surface area (Å²) in [5.41, 5.74) is 1.12. The first kappa shape index (κ1) is 22.6. The number of benzene rings is 1. The van der Waals surface area contributed by atoms with Crippen molar-refractivity contribution >= 4 is 17.5 Å². The summed E-state index contributed by atoms with van der Waals surface area (Å²) in [6, 6.07) is 5.40. The van der Waals surface area contributed by atoms with Crippen LogP contribution in [0.25, 0.3) is 0 Å². The van der Waals surface area contributed by atoms with Gasteiger partial charge in [0.25, 0.3) is 5.91 Å². The van der Waals surface area contributed by atoms with Gasteiger partial charge in [-0.05, 0) is 43.7 Å². The fourth-order valence-corrected chi connectivity index (χ4v) is 4.01. The molecule has 1 heterocycles. The molecular weight excluding hydrogens is 382 g/mol. The van der Waals surface area contributed by atoms with Gasteiger partial charge in [0.1, 0.15) is 12.4 Å². The molecule has 2 amide bonds. The zero-order valence-corrected chi connectivity index (χ0v) is 18.8. The number of carbonyl (C=O) groups excluding carboxylic acids is 2. The molecule has 1 fully saturated rings. The van der Waals surface area contributed by atoms with E-state index in [0.29, 0.717) is 30.2 Å². The maximum absolute atomic E-state index is 13.1. The Labute approximate surface area is 179 Å². The fraction of sp³-hybridized carbons (Fsp3) is 0.652. The van der Waals surface area contributed by atoms with E-state index >= 15 is 0 Å². The normalized spacial score (nSPS) is 26.2. The maximum Gasteiger partial charge on any atom is 0.257 e. The third kappa shape index (κ3) is 5.73. The Bertz CT molecular complexity index is 765. The number of amides is 2. The molecule has 30 heavy (non-hydrogen) atoms. The number of nitrogens with zero attached hydrogens (tertiary/aromatic N) is 2. The number of hydrogen-bond donors (Lipinski definition) is 1. The van der Waals surface area contributed by atoms with Gasteiger partial charge in [0, 0.05) is 58.5 Å². The molecule has 0 radical (unpaired) electrons. The predicted molar refractivity (Wildman–Crippen MR) is 117 cm³/mol. The topological polar surface area (TPSA) is 71.1 Å². The summed E-state index contributed by atoms with van der Waals surface area (Å²) in [6.07, 6.45) is 2.55. The van der Waals surface area contributed by atoms with Crippen LogP contribution in [0.3, 0.4) is 0 Å². The van der Waals surface area contributed by atoms with Crippen molar-refractivity contribution in [1.29, 1.82) is 0 Å². The number of hydrogen-bond acceptors (Lipinski definition) is 5. The van der Waals surface area contributed by atoms with Crippen LogP contribution in [-0.2, 0) is 9.53 Å². The van der Waals surface area contributed by atoms with Gasteiger partial charge in [-0.25, -0.2) is 0 Å². The van der Waals surface area contributed by atoms with Crippen LogP contribution in [0.2, 0.25) is 0 Å². The molecule has 2 aliphatic rings. The molecule has 7 nitrogen and oxygen atoms in total. The van der Waals surface area contributed by atoms with E-state index in [9.17, 15) is 9.59 Å². The van der Waals surface area contributed by atoms with Gasteiger partial charge in [0.2, 0.25) is 5.91 Å². The quantitative estimate of drug-likeness (QED) is 0.816. The second-order valence-corrected chi connectivity index (χ2v) is 8.89. The lowest BCUT2D eigenvalue weighted by Gasteiger charge is -2.36. The van der Waals surface area contributed by atoms with E-state index in [1.54, 1.807) is 37.3 Å². The molecule has 0 unspecified atom stereocenters. The van der Waals surface area contributed by atoms with Gasteiger partial charge >= 0.3 is 0 Å². The second-order valence-electron chi connectivity index (χ2n) is 8.89. The van der Waals surface area contributed by atoms with E-state index in [0.717, 1.165) is 19.0 Å². The van der Waals surface area contributed by atoms with Gasteiger partial charge in [-0.2, -0.15) is 0 Å². The van der Waals surface area contributed by atoms with Gasteiger partial charge in [0.05, 0.1) is 11.7 Å². The molecule has 1 N–H and O–H groups in total. The molecule has 0 aromatic heterocycles. The van der Waals surface area contributed by atoms with Crippen molar-refractivity contribution in [3.8, 4) is 5.75 Å². The molecule has 7 heteroatoms. The first-order valence-electron chi connectivity index (χ1n) is 10.8. The van der Waals surface area contributed by atoms with Gasteiger partial charge in [0.15, 0.2) is 0 Å². The van der Waals surface area contributed by atoms with Crippen LogP contribution in [0.15, 0.2) is 18.2 Å². The Balaban J connectivity index is 1.91. The second kappa shape index (κ2) is 9.79. The molecule has 166 valence electrons. The fourth-order valence-electron chi connectivity index (χ4n) is 4.01. The van der Waals surface area contributed by atoms with Crippen molar-refractivity contribution in [3.63, 3.8) is 0 Å². The standard InChI is InChI=1S/C23H35N3O4/c1-15-11-26(12-18-6-7-18)16(2)14-30-21-10-19(24-17(3)27)8-9-20(21)23(28)25(4)13-22(15)29-5/h8-10,15-16,18,22H,6-7,11-14H2,1-5H3,(H,24,27)/t15-,16-,22-/m0/s1. The molecule has 3 atom stereocenters. The maximum atomic E-state index is 13.1. The zero-order valence-electron chi connectivity index (χ0n) is 18.8. The molecule has 1 aliphatic carbocycles. The third-order valence-electron chi connectivity index (χ3n) is 6.09. The van der Waals surface area contributed by atoms with E-state index in [2.05, 4.69) is 24.1 Å². The Morgan fingerprint density at radius 2 is 2.00 bits per heavy atom. The van der Waals surface area contributed by atoms with Crippen LogP contribution in [-0.4, -0.2) is 74.2 Å². The lowest BCUT2D eigenvalue weighted by Crippen LogP contribution is -2.47. The number of anilines is 1. The summed E-state index contributed by atoms with van der Waals surface area (Å²) in [4.78, 5) is 28.8. The summed E-state index contributed by atoms with van der Waals surface area (Å²) >= 11 is 0. The number of ether oxygens (including phenoxy) is 2. The number of carbonyl (C=O) groups is 2. The summed E-state index contributed by atoms with van der Waals surface area (Å²) in [7, 11) is 3.51. The Kier molecular flexibility index (Phi) is 7.36. The number of nitrogens with one attached hydrogen (secondary N) is 1. The lowest BCUT2D eigenvalue weighted by molar-refractivity contribution is -0.114. The van der Waals surface area contributed by atoms with Crippen molar-refractivity contribution in [3.05, 3.63) is 23.8 Å². The molecule has 0 saturated heterocycles. The highest BCUT2D eigenvalue weighted by Gasteiger charge is 2.31. The van der Waals surface area contributed by atoms with E-state index in [1.165, 1.54) is 19.8 Å². The SMILES string of the molecule is CO[C@H]1CN(C)C(=O)c2ccc(NC(C)=O)cc2OC[C@H](C)N(CC2CC2)C[C@@H]1C. The van der Waals surface area contributed by atoms with Gasteiger partial charge in [-0.15, -0.1) is 0 Å². The first-order chi connectivity index (χ1) is 14.3. The van der Waals surface area contributed by atoms with Crippen LogP contribution in [0.4, 0.5) is 5.69 Å². The van der Waals surface area contributed by atoms with Crippen molar-refractivity contribution in [2.45, 2.75) is 45.8 Å². The summed E-state index contributed by atoms with van der Waals surface area (Å²) in [6.45, 7) is 8.79. The molecule has 0 spiro atoms. The Morgan fingerprint density at radius 3 is 2.63 bits per heavy atom. The van der Waals surface area contributed by atoms with Crippen LogP contribution < -0.4 is 10.1 Å². The van der Waals surface area contributed by atoms with Crippen molar-refractivity contribution < 1.29 is 19.1 Å². The van der Waals surface area contributed by atoms with Crippen molar-refractivity contribution in [1.82, 2.24) is 9.80 Å². The van der Waals surface area contributed by atoms with Gasteiger partial charge in [-0.3, -0.25) is 14.5 Å². The highest BCUT2D eigenvalue weighted by atomic mass is 16.5.